The van der Waals surface area contributed by atoms with Gasteiger partial charge in [-0.15, -0.1) is 0 Å². The third kappa shape index (κ3) is 2.94. The van der Waals surface area contributed by atoms with Gasteiger partial charge in [0.25, 0.3) is 0 Å². The Labute approximate surface area is 140 Å². The molecule has 24 heavy (non-hydrogen) atoms. The molecule has 0 aromatic heterocycles. The van der Waals surface area contributed by atoms with Crippen molar-refractivity contribution in [3.05, 3.63) is 28.8 Å². The average molecular weight is 358 g/mol. The first-order valence-corrected chi connectivity index (χ1v) is 9.90. The number of hydrogen-bond acceptors (Lipinski definition) is 4. The van der Waals surface area contributed by atoms with Crippen LogP contribution in [-0.2, 0) is 25.8 Å². The van der Waals surface area contributed by atoms with Crippen LogP contribution in [0.2, 0.25) is 0 Å². The zero-order valence-electron chi connectivity index (χ0n) is 13.6. The summed E-state index contributed by atoms with van der Waals surface area (Å²) >= 11 is 0. The summed E-state index contributed by atoms with van der Waals surface area (Å²) in [5, 5.41) is 0. The summed E-state index contributed by atoms with van der Waals surface area (Å²) in [4.78, 5) is 11.2. The molecule has 0 spiro atoms. The first kappa shape index (κ1) is 17.3. The smallest absolute Gasteiger partial charge is 0.303 e. The SMILES string of the molecule is CC(=O)O[C@H]1c2c(S(C)(=O)=O)ccc([C@@H](F)C3CCC3)c2C[C@H]1F. The molecule has 0 aliphatic heterocycles. The van der Waals surface area contributed by atoms with Crippen molar-refractivity contribution >= 4 is 15.8 Å². The van der Waals surface area contributed by atoms with Gasteiger partial charge in [0.1, 0.15) is 12.3 Å². The summed E-state index contributed by atoms with van der Waals surface area (Å²) < 4.78 is 58.4. The van der Waals surface area contributed by atoms with Crippen LogP contribution in [0.15, 0.2) is 17.0 Å². The Hall–Kier alpha value is -1.50. The van der Waals surface area contributed by atoms with Gasteiger partial charge in [-0.1, -0.05) is 12.5 Å². The Morgan fingerprint density at radius 1 is 1.33 bits per heavy atom. The van der Waals surface area contributed by atoms with E-state index in [0.717, 1.165) is 32.4 Å². The van der Waals surface area contributed by atoms with Crippen molar-refractivity contribution < 1.29 is 26.7 Å². The van der Waals surface area contributed by atoms with Crippen LogP contribution >= 0.6 is 0 Å². The number of fused-ring (bicyclic) bond motifs is 1. The lowest BCUT2D eigenvalue weighted by Crippen LogP contribution is -2.19. The summed E-state index contributed by atoms with van der Waals surface area (Å²) in [5.74, 6) is -0.805. The third-order valence-corrected chi connectivity index (χ3v) is 6.07. The van der Waals surface area contributed by atoms with Crippen molar-refractivity contribution in [1.82, 2.24) is 0 Å². The predicted octanol–water partition coefficient (Wildman–Crippen LogP) is 3.40. The van der Waals surface area contributed by atoms with Crippen LogP contribution in [0.25, 0.3) is 0 Å². The third-order valence-electron chi connectivity index (χ3n) is 4.92. The normalized spacial score (nSPS) is 25.0. The van der Waals surface area contributed by atoms with Gasteiger partial charge in [0, 0.05) is 25.2 Å². The van der Waals surface area contributed by atoms with Crippen LogP contribution in [0.5, 0.6) is 0 Å². The van der Waals surface area contributed by atoms with Crippen LogP contribution in [0.3, 0.4) is 0 Å². The Morgan fingerprint density at radius 3 is 2.50 bits per heavy atom. The molecule has 1 saturated carbocycles. The standard InChI is InChI=1S/C17H20F2O4S/c1-9(20)23-17-13(18)8-12-11(16(19)10-4-3-5-10)6-7-14(15(12)17)24(2,21)22/h6-7,10,13,16-17H,3-5,8H2,1-2H3/t13-,16+,17-/m1/s1. The molecule has 1 fully saturated rings. The van der Waals surface area contributed by atoms with Crippen LogP contribution in [0, 0.1) is 5.92 Å². The minimum Gasteiger partial charge on any atom is -0.454 e. The summed E-state index contributed by atoms with van der Waals surface area (Å²) in [6.45, 7) is 1.14. The number of halogens is 2. The van der Waals surface area contributed by atoms with E-state index in [1.807, 2.05) is 0 Å². The number of benzene rings is 1. The van der Waals surface area contributed by atoms with Crippen molar-refractivity contribution in [1.29, 1.82) is 0 Å². The fourth-order valence-corrected chi connectivity index (χ4v) is 4.52. The van der Waals surface area contributed by atoms with Gasteiger partial charge in [0.2, 0.25) is 0 Å². The molecule has 0 N–H and O–H groups in total. The molecule has 1 aromatic rings. The number of carbonyl (C=O) groups excluding carboxylic acids is 1. The molecule has 0 radical (unpaired) electrons. The number of rotatable bonds is 4. The molecular formula is C17H20F2O4S. The molecule has 0 bridgehead atoms. The molecule has 7 heteroatoms. The lowest BCUT2D eigenvalue weighted by atomic mass is 9.78. The van der Waals surface area contributed by atoms with Crippen molar-refractivity contribution in [3.63, 3.8) is 0 Å². The van der Waals surface area contributed by atoms with Gasteiger partial charge in [-0.3, -0.25) is 4.79 Å². The Morgan fingerprint density at radius 2 is 2.00 bits per heavy atom. The van der Waals surface area contributed by atoms with Gasteiger partial charge in [-0.05, 0) is 36.0 Å². The zero-order chi connectivity index (χ0) is 17.6. The van der Waals surface area contributed by atoms with E-state index in [1.165, 1.54) is 12.1 Å². The molecule has 3 rings (SSSR count). The zero-order valence-corrected chi connectivity index (χ0v) is 14.4. The van der Waals surface area contributed by atoms with E-state index >= 15 is 0 Å². The van der Waals surface area contributed by atoms with Crippen LogP contribution in [-0.4, -0.2) is 26.8 Å². The highest BCUT2D eigenvalue weighted by atomic mass is 32.2. The van der Waals surface area contributed by atoms with E-state index in [4.69, 9.17) is 4.74 Å². The fraction of sp³-hybridized carbons (Fsp3) is 0.588. The second kappa shape index (κ2) is 6.10. The Bertz CT molecular complexity index is 771. The van der Waals surface area contributed by atoms with Crippen molar-refractivity contribution in [2.24, 2.45) is 5.92 Å². The average Bonchev–Trinajstić information content (AvgIpc) is 2.71. The molecular weight excluding hydrogens is 338 g/mol. The van der Waals surface area contributed by atoms with E-state index in [0.29, 0.717) is 11.1 Å². The second-order valence-corrected chi connectivity index (χ2v) is 8.64. The number of ether oxygens (including phenoxy) is 1. The van der Waals surface area contributed by atoms with E-state index in [2.05, 4.69) is 0 Å². The van der Waals surface area contributed by atoms with E-state index in [1.54, 1.807) is 0 Å². The summed E-state index contributed by atoms with van der Waals surface area (Å²) in [6, 6.07) is 2.75. The van der Waals surface area contributed by atoms with Crippen molar-refractivity contribution in [3.8, 4) is 0 Å². The quantitative estimate of drug-likeness (QED) is 0.774. The van der Waals surface area contributed by atoms with Gasteiger partial charge < -0.3 is 4.74 Å². The van der Waals surface area contributed by atoms with E-state index < -0.39 is 34.3 Å². The number of alkyl halides is 2. The molecule has 0 saturated heterocycles. The largest absolute Gasteiger partial charge is 0.454 e. The van der Waals surface area contributed by atoms with Crippen molar-refractivity contribution in [2.75, 3.05) is 6.26 Å². The maximum absolute atomic E-state index is 14.8. The van der Waals surface area contributed by atoms with Gasteiger partial charge in [-0.2, -0.15) is 0 Å². The number of hydrogen-bond donors (Lipinski definition) is 0. The van der Waals surface area contributed by atoms with Gasteiger partial charge >= 0.3 is 5.97 Å². The fourth-order valence-electron chi connectivity index (χ4n) is 3.56. The molecule has 0 unspecified atom stereocenters. The maximum Gasteiger partial charge on any atom is 0.303 e. The molecule has 1 aromatic carbocycles. The van der Waals surface area contributed by atoms with Crippen LogP contribution in [0.4, 0.5) is 8.78 Å². The summed E-state index contributed by atoms with van der Waals surface area (Å²) in [7, 11) is -3.65. The molecule has 2 aliphatic rings. The lowest BCUT2D eigenvalue weighted by molar-refractivity contribution is -0.149. The van der Waals surface area contributed by atoms with Crippen LogP contribution in [0.1, 0.15) is 55.2 Å². The number of sulfone groups is 1. The highest BCUT2D eigenvalue weighted by molar-refractivity contribution is 7.90. The lowest BCUT2D eigenvalue weighted by Gasteiger charge is -2.30. The number of esters is 1. The van der Waals surface area contributed by atoms with E-state index in [-0.39, 0.29) is 22.8 Å². The van der Waals surface area contributed by atoms with Gasteiger partial charge in [0.15, 0.2) is 15.9 Å². The monoisotopic (exact) mass is 358 g/mol. The minimum absolute atomic E-state index is 0.0894. The molecule has 3 atom stereocenters. The maximum atomic E-state index is 14.8. The van der Waals surface area contributed by atoms with Crippen molar-refractivity contribution in [2.45, 2.75) is 55.9 Å². The summed E-state index contributed by atoms with van der Waals surface area (Å²) in [5.41, 5.74) is 0.787. The predicted molar refractivity (Wildman–Crippen MR) is 83.8 cm³/mol. The second-order valence-electron chi connectivity index (χ2n) is 6.66. The first-order chi connectivity index (χ1) is 11.2. The Balaban J connectivity index is 2.14. The molecule has 0 amide bonds. The highest BCUT2D eigenvalue weighted by Crippen LogP contribution is 2.47. The highest BCUT2D eigenvalue weighted by Gasteiger charge is 2.42. The minimum atomic E-state index is -3.65. The Kier molecular flexibility index (Phi) is 4.40. The topological polar surface area (TPSA) is 60.4 Å². The first-order valence-electron chi connectivity index (χ1n) is 8.01. The molecule has 4 nitrogen and oxygen atoms in total. The van der Waals surface area contributed by atoms with Gasteiger partial charge in [0.05, 0.1) is 4.90 Å². The van der Waals surface area contributed by atoms with Gasteiger partial charge in [-0.25, -0.2) is 17.2 Å². The van der Waals surface area contributed by atoms with Crippen LogP contribution < -0.4 is 0 Å². The molecule has 132 valence electrons. The summed E-state index contributed by atoms with van der Waals surface area (Å²) in [6.07, 6.45) is -0.723. The van der Waals surface area contributed by atoms with E-state index in [9.17, 15) is 22.0 Å². The number of carbonyl (C=O) groups is 1. The molecule has 2 aliphatic carbocycles. The molecule has 0 heterocycles.